The average molecular weight is 302 g/mol. The van der Waals surface area contributed by atoms with Gasteiger partial charge in [-0.2, -0.15) is 0 Å². The van der Waals surface area contributed by atoms with Gasteiger partial charge in [0.15, 0.2) is 0 Å². The van der Waals surface area contributed by atoms with E-state index >= 15 is 0 Å². The van der Waals surface area contributed by atoms with Crippen molar-refractivity contribution in [3.05, 3.63) is 46.2 Å². The van der Waals surface area contributed by atoms with Crippen LogP contribution in [0.15, 0.2) is 35.7 Å². The SMILES string of the molecule is CCOc1cccc(OCc2cc(C#CCCO)cs2)c1. The van der Waals surface area contributed by atoms with E-state index in [1.807, 2.05) is 42.6 Å². The van der Waals surface area contributed by atoms with E-state index in [4.69, 9.17) is 14.6 Å². The third-order valence-electron chi connectivity index (χ3n) is 2.62. The molecule has 0 fully saturated rings. The second kappa shape index (κ2) is 8.35. The lowest BCUT2D eigenvalue weighted by Gasteiger charge is -2.07. The molecule has 2 rings (SSSR count). The van der Waals surface area contributed by atoms with Crippen LogP contribution in [0.4, 0.5) is 0 Å². The second-order valence-electron chi connectivity index (χ2n) is 4.27. The van der Waals surface area contributed by atoms with Gasteiger partial charge in [-0.15, -0.1) is 11.3 Å². The number of ether oxygens (including phenoxy) is 2. The molecule has 0 bridgehead atoms. The van der Waals surface area contributed by atoms with E-state index in [0.717, 1.165) is 21.9 Å². The summed E-state index contributed by atoms with van der Waals surface area (Å²) in [7, 11) is 0. The molecular weight excluding hydrogens is 284 g/mol. The van der Waals surface area contributed by atoms with Crippen molar-refractivity contribution >= 4 is 11.3 Å². The van der Waals surface area contributed by atoms with Crippen LogP contribution in [0.3, 0.4) is 0 Å². The van der Waals surface area contributed by atoms with Gasteiger partial charge >= 0.3 is 0 Å². The highest BCUT2D eigenvalue weighted by Crippen LogP contribution is 2.22. The smallest absolute Gasteiger partial charge is 0.123 e. The third kappa shape index (κ3) is 5.14. The van der Waals surface area contributed by atoms with Gasteiger partial charge in [0.1, 0.15) is 18.1 Å². The Balaban J connectivity index is 1.91. The van der Waals surface area contributed by atoms with Crippen molar-refractivity contribution in [3.8, 4) is 23.3 Å². The van der Waals surface area contributed by atoms with Gasteiger partial charge in [-0.1, -0.05) is 17.9 Å². The summed E-state index contributed by atoms with van der Waals surface area (Å²) in [6.07, 6.45) is 0.506. The summed E-state index contributed by atoms with van der Waals surface area (Å²) in [5.74, 6) is 7.53. The van der Waals surface area contributed by atoms with E-state index in [1.54, 1.807) is 11.3 Å². The molecule has 0 spiro atoms. The van der Waals surface area contributed by atoms with Gasteiger partial charge < -0.3 is 14.6 Å². The average Bonchev–Trinajstić information content (AvgIpc) is 2.94. The molecule has 1 aromatic heterocycles. The van der Waals surface area contributed by atoms with Gasteiger partial charge in [0, 0.05) is 28.3 Å². The molecule has 0 aliphatic rings. The van der Waals surface area contributed by atoms with Crippen LogP contribution in [-0.4, -0.2) is 18.3 Å². The van der Waals surface area contributed by atoms with E-state index in [9.17, 15) is 0 Å². The Morgan fingerprint density at radius 2 is 2.00 bits per heavy atom. The quantitative estimate of drug-likeness (QED) is 0.831. The van der Waals surface area contributed by atoms with E-state index in [1.165, 1.54) is 0 Å². The van der Waals surface area contributed by atoms with Crippen LogP contribution in [0.5, 0.6) is 11.5 Å². The molecule has 0 saturated heterocycles. The maximum atomic E-state index is 8.69. The van der Waals surface area contributed by atoms with E-state index in [0.29, 0.717) is 19.6 Å². The Hall–Kier alpha value is -1.96. The fraction of sp³-hybridized carbons (Fsp3) is 0.294. The Morgan fingerprint density at radius 1 is 1.19 bits per heavy atom. The molecule has 0 amide bonds. The van der Waals surface area contributed by atoms with Crippen molar-refractivity contribution in [2.24, 2.45) is 0 Å². The number of aliphatic hydroxyl groups excluding tert-OH is 1. The number of thiophene rings is 1. The fourth-order valence-electron chi connectivity index (χ4n) is 1.72. The highest BCUT2D eigenvalue weighted by molar-refractivity contribution is 7.10. The lowest BCUT2D eigenvalue weighted by Crippen LogP contribution is -1.95. The second-order valence-corrected chi connectivity index (χ2v) is 5.27. The minimum atomic E-state index is 0.100. The number of aliphatic hydroxyl groups is 1. The highest BCUT2D eigenvalue weighted by Gasteiger charge is 2.01. The lowest BCUT2D eigenvalue weighted by molar-refractivity contribution is 0.302. The predicted octanol–water partition coefficient (Wildman–Crippen LogP) is 3.46. The van der Waals surface area contributed by atoms with Crippen LogP contribution < -0.4 is 9.47 Å². The van der Waals surface area contributed by atoms with Gasteiger partial charge in [0.2, 0.25) is 0 Å². The zero-order valence-electron chi connectivity index (χ0n) is 12.0. The molecule has 0 aliphatic carbocycles. The molecule has 110 valence electrons. The van der Waals surface area contributed by atoms with Crippen LogP contribution in [-0.2, 0) is 6.61 Å². The number of hydrogen-bond donors (Lipinski definition) is 1. The standard InChI is InChI=1S/C17H18O3S/c1-2-19-15-7-5-8-16(11-15)20-12-17-10-14(13-21-17)6-3-4-9-18/h5,7-8,10-11,13,18H,2,4,9,12H2,1H3. The third-order valence-corrected chi connectivity index (χ3v) is 3.53. The number of benzene rings is 1. The Labute approximate surface area is 129 Å². The largest absolute Gasteiger partial charge is 0.494 e. The topological polar surface area (TPSA) is 38.7 Å². The van der Waals surface area contributed by atoms with Crippen molar-refractivity contribution < 1.29 is 14.6 Å². The molecular formula is C17H18O3S. The van der Waals surface area contributed by atoms with Crippen molar-refractivity contribution in [2.45, 2.75) is 20.0 Å². The summed E-state index contributed by atoms with van der Waals surface area (Å²) < 4.78 is 11.2. The maximum absolute atomic E-state index is 8.69. The number of rotatable bonds is 6. The van der Waals surface area contributed by atoms with Crippen LogP contribution in [0.2, 0.25) is 0 Å². The molecule has 0 saturated carbocycles. The first kappa shape index (κ1) is 15.4. The summed E-state index contributed by atoms with van der Waals surface area (Å²) in [5, 5.41) is 10.7. The molecule has 0 radical (unpaired) electrons. The first-order valence-corrected chi connectivity index (χ1v) is 7.72. The van der Waals surface area contributed by atoms with Gasteiger partial charge in [-0.05, 0) is 25.1 Å². The molecule has 0 unspecified atom stereocenters. The van der Waals surface area contributed by atoms with Crippen molar-refractivity contribution in [1.82, 2.24) is 0 Å². The first-order valence-electron chi connectivity index (χ1n) is 6.84. The fourth-order valence-corrected chi connectivity index (χ4v) is 2.44. The first-order chi connectivity index (χ1) is 10.3. The summed E-state index contributed by atoms with van der Waals surface area (Å²) >= 11 is 1.62. The minimum Gasteiger partial charge on any atom is -0.494 e. The molecule has 0 atom stereocenters. The van der Waals surface area contributed by atoms with Gasteiger partial charge in [-0.3, -0.25) is 0 Å². The van der Waals surface area contributed by atoms with Crippen LogP contribution in [0.1, 0.15) is 23.8 Å². The van der Waals surface area contributed by atoms with Crippen LogP contribution in [0.25, 0.3) is 0 Å². The molecule has 0 aliphatic heterocycles. The monoisotopic (exact) mass is 302 g/mol. The zero-order valence-corrected chi connectivity index (χ0v) is 12.8. The lowest BCUT2D eigenvalue weighted by atomic mass is 10.3. The highest BCUT2D eigenvalue weighted by atomic mass is 32.1. The summed E-state index contributed by atoms with van der Waals surface area (Å²) in [6.45, 7) is 3.22. The Bertz CT molecular complexity index is 622. The van der Waals surface area contributed by atoms with Crippen molar-refractivity contribution in [2.75, 3.05) is 13.2 Å². The minimum absolute atomic E-state index is 0.100. The van der Waals surface area contributed by atoms with Crippen LogP contribution >= 0.6 is 11.3 Å². The molecule has 1 heterocycles. The molecule has 3 nitrogen and oxygen atoms in total. The maximum Gasteiger partial charge on any atom is 0.123 e. The molecule has 21 heavy (non-hydrogen) atoms. The molecule has 2 aromatic rings. The number of hydrogen-bond acceptors (Lipinski definition) is 4. The normalized spacial score (nSPS) is 9.81. The zero-order chi connectivity index (χ0) is 14.9. The van der Waals surface area contributed by atoms with E-state index in [-0.39, 0.29) is 6.61 Å². The Morgan fingerprint density at radius 3 is 2.76 bits per heavy atom. The van der Waals surface area contributed by atoms with E-state index < -0.39 is 0 Å². The Kier molecular flexibility index (Phi) is 6.14. The van der Waals surface area contributed by atoms with Gasteiger partial charge in [-0.25, -0.2) is 0 Å². The van der Waals surface area contributed by atoms with E-state index in [2.05, 4.69) is 11.8 Å². The molecule has 1 aromatic carbocycles. The molecule has 4 heteroatoms. The van der Waals surface area contributed by atoms with Crippen LogP contribution in [0, 0.1) is 11.8 Å². The summed E-state index contributed by atoms with van der Waals surface area (Å²) in [4.78, 5) is 1.12. The summed E-state index contributed by atoms with van der Waals surface area (Å²) in [5.41, 5.74) is 0.968. The summed E-state index contributed by atoms with van der Waals surface area (Å²) in [6, 6.07) is 9.65. The van der Waals surface area contributed by atoms with Gasteiger partial charge in [0.05, 0.1) is 13.2 Å². The van der Waals surface area contributed by atoms with Gasteiger partial charge in [0.25, 0.3) is 0 Å². The predicted molar refractivity (Wildman–Crippen MR) is 84.8 cm³/mol. The van der Waals surface area contributed by atoms with Crippen molar-refractivity contribution in [3.63, 3.8) is 0 Å². The molecule has 1 N–H and O–H groups in total. The van der Waals surface area contributed by atoms with Crippen molar-refractivity contribution in [1.29, 1.82) is 0 Å².